The van der Waals surface area contributed by atoms with Gasteiger partial charge in [0.15, 0.2) is 5.16 Å². The van der Waals surface area contributed by atoms with E-state index in [1.54, 1.807) is 18.9 Å². The van der Waals surface area contributed by atoms with Gasteiger partial charge in [-0.3, -0.25) is 0 Å². The van der Waals surface area contributed by atoms with Crippen LogP contribution in [0, 0.1) is 0 Å². The highest BCUT2D eigenvalue weighted by atomic mass is 32.2. The molecule has 0 aliphatic heterocycles. The van der Waals surface area contributed by atoms with Crippen LogP contribution in [-0.2, 0) is 13.5 Å². The first-order valence-corrected chi connectivity index (χ1v) is 7.63. The Hall–Kier alpha value is -1.46. The summed E-state index contributed by atoms with van der Waals surface area (Å²) in [4.78, 5) is 4.38. The number of methoxy groups -OCH3 is 1. The third-order valence-corrected chi connectivity index (χ3v) is 5.28. The first-order valence-electron chi connectivity index (χ1n) is 6.75. The van der Waals surface area contributed by atoms with Crippen LogP contribution in [-0.4, -0.2) is 21.9 Å². The number of nitrogens with two attached hydrogens (primary N) is 1. The molecular formula is C15H19N3OS. The second-order valence-corrected chi connectivity index (χ2v) is 6.31. The molecule has 0 amide bonds. The van der Waals surface area contributed by atoms with Crippen molar-refractivity contribution in [1.82, 2.24) is 9.55 Å². The number of aromatic nitrogens is 2. The largest absolute Gasteiger partial charge is 0.497 e. The Balaban J connectivity index is 1.82. The zero-order valence-electron chi connectivity index (χ0n) is 11.7. The van der Waals surface area contributed by atoms with Crippen LogP contribution in [0.1, 0.15) is 23.6 Å². The van der Waals surface area contributed by atoms with Gasteiger partial charge in [-0.05, 0) is 36.1 Å². The molecule has 2 atom stereocenters. The van der Waals surface area contributed by atoms with Crippen LogP contribution in [0.5, 0.6) is 5.75 Å². The molecule has 0 fully saturated rings. The molecule has 1 aromatic heterocycles. The summed E-state index contributed by atoms with van der Waals surface area (Å²) in [5, 5.41) is 1.40. The fourth-order valence-corrected chi connectivity index (χ4v) is 3.81. The van der Waals surface area contributed by atoms with Gasteiger partial charge in [0.2, 0.25) is 0 Å². The van der Waals surface area contributed by atoms with Crippen molar-refractivity contribution in [2.75, 3.05) is 7.11 Å². The standard InChI is InChI=1S/C15H19N3OS/c1-18-8-7-17-15(18)20-13-6-3-10-9-11(19-2)4-5-12(10)14(13)16/h4-5,7-9,13-14H,3,6,16H2,1-2H3. The zero-order chi connectivity index (χ0) is 14.1. The number of fused-ring (bicyclic) bond motifs is 1. The summed E-state index contributed by atoms with van der Waals surface area (Å²) >= 11 is 1.78. The average Bonchev–Trinajstić information content (AvgIpc) is 2.87. The lowest BCUT2D eigenvalue weighted by molar-refractivity contribution is 0.413. The van der Waals surface area contributed by atoms with E-state index in [9.17, 15) is 0 Å². The molecule has 1 aliphatic carbocycles. The molecule has 106 valence electrons. The summed E-state index contributed by atoms with van der Waals surface area (Å²) in [6.45, 7) is 0. The number of hydrogen-bond acceptors (Lipinski definition) is 4. The SMILES string of the molecule is COc1ccc2c(c1)CCC(Sc1nccn1C)C2N. The summed E-state index contributed by atoms with van der Waals surface area (Å²) < 4.78 is 7.33. The molecule has 4 nitrogen and oxygen atoms in total. The van der Waals surface area contributed by atoms with Gasteiger partial charge >= 0.3 is 0 Å². The van der Waals surface area contributed by atoms with Crippen LogP contribution in [0.25, 0.3) is 0 Å². The fourth-order valence-electron chi connectivity index (χ4n) is 2.66. The number of ether oxygens (including phenoxy) is 1. The highest BCUT2D eigenvalue weighted by molar-refractivity contribution is 7.99. The Labute approximate surface area is 123 Å². The Kier molecular flexibility index (Phi) is 3.72. The Morgan fingerprint density at radius 1 is 1.45 bits per heavy atom. The van der Waals surface area contributed by atoms with Crippen molar-refractivity contribution in [3.8, 4) is 5.75 Å². The first-order chi connectivity index (χ1) is 9.69. The van der Waals surface area contributed by atoms with E-state index >= 15 is 0 Å². The molecule has 0 bridgehead atoms. The van der Waals surface area contributed by atoms with E-state index in [2.05, 4.69) is 17.1 Å². The molecule has 0 saturated carbocycles. The number of imidazole rings is 1. The predicted octanol–water partition coefficient (Wildman–Crippen LogP) is 2.54. The molecule has 2 unspecified atom stereocenters. The van der Waals surface area contributed by atoms with E-state index in [0.717, 1.165) is 23.7 Å². The molecule has 2 N–H and O–H groups in total. The van der Waals surface area contributed by atoms with E-state index in [-0.39, 0.29) is 6.04 Å². The van der Waals surface area contributed by atoms with Crippen molar-refractivity contribution in [1.29, 1.82) is 0 Å². The van der Waals surface area contributed by atoms with Gasteiger partial charge in [-0.15, -0.1) is 0 Å². The van der Waals surface area contributed by atoms with Crippen LogP contribution < -0.4 is 10.5 Å². The molecule has 1 aromatic carbocycles. The number of aryl methyl sites for hydroxylation is 2. The Morgan fingerprint density at radius 3 is 3.00 bits per heavy atom. The maximum absolute atomic E-state index is 6.45. The lowest BCUT2D eigenvalue weighted by atomic mass is 9.87. The van der Waals surface area contributed by atoms with Crippen molar-refractivity contribution < 1.29 is 4.74 Å². The number of nitrogens with zero attached hydrogens (tertiary/aromatic N) is 2. The smallest absolute Gasteiger partial charge is 0.168 e. The highest BCUT2D eigenvalue weighted by Crippen LogP contribution is 2.39. The molecule has 1 heterocycles. The van der Waals surface area contributed by atoms with Gasteiger partial charge in [0.25, 0.3) is 0 Å². The van der Waals surface area contributed by atoms with Gasteiger partial charge < -0.3 is 15.0 Å². The topological polar surface area (TPSA) is 53.1 Å². The minimum absolute atomic E-state index is 0.0476. The average molecular weight is 289 g/mol. The molecule has 0 spiro atoms. The predicted molar refractivity (Wildman–Crippen MR) is 81.1 cm³/mol. The Bertz CT molecular complexity index is 611. The second-order valence-electron chi connectivity index (χ2n) is 5.11. The van der Waals surface area contributed by atoms with Gasteiger partial charge in [0.05, 0.1) is 7.11 Å². The van der Waals surface area contributed by atoms with Gasteiger partial charge in [0.1, 0.15) is 5.75 Å². The second kappa shape index (κ2) is 5.50. The van der Waals surface area contributed by atoms with Crippen LogP contribution in [0.15, 0.2) is 35.7 Å². The third-order valence-electron chi connectivity index (χ3n) is 3.84. The lowest BCUT2D eigenvalue weighted by Crippen LogP contribution is -2.29. The summed E-state index contributed by atoms with van der Waals surface area (Å²) in [6.07, 6.45) is 5.91. The Morgan fingerprint density at radius 2 is 2.30 bits per heavy atom. The van der Waals surface area contributed by atoms with Crippen molar-refractivity contribution in [3.05, 3.63) is 41.7 Å². The van der Waals surface area contributed by atoms with E-state index in [4.69, 9.17) is 10.5 Å². The maximum atomic E-state index is 6.45. The summed E-state index contributed by atoms with van der Waals surface area (Å²) in [6, 6.07) is 6.25. The molecule has 3 rings (SSSR count). The molecule has 20 heavy (non-hydrogen) atoms. The van der Waals surface area contributed by atoms with Crippen molar-refractivity contribution in [2.45, 2.75) is 29.3 Å². The van der Waals surface area contributed by atoms with Crippen LogP contribution in [0.4, 0.5) is 0 Å². The summed E-state index contributed by atoms with van der Waals surface area (Å²) in [5.74, 6) is 0.908. The van der Waals surface area contributed by atoms with E-state index in [1.807, 2.05) is 30.1 Å². The van der Waals surface area contributed by atoms with Crippen LogP contribution in [0.3, 0.4) is 0 Å². The molecule has 1 aliphatic rings. The first kappa shape index (κ1) is 13.5. The number of benzene rings is 1. The summed E-state index contributed by atoms with van der Waals surface area (Å²) in [7, 11) is 3.71. The highest BCUT2D eigenvalue weighted by Gasteiger charge is 2.28. The van der Waals surface area contributed by atoms with Gasteiger partial charge in [0, 0.05) is 30.7 Å². The van der Waals surface area contributed by atoms with E-state index < -0.39 is 0 Å². The zero-order valence-corrected chi connectivity index (χ0v) is 12.6. The molecule has 0 radical (unpaired) electrons. The number of thioether (sulfide) groups is 1. The van der Waals surface area contributed by atoms with Crippen LogP contribution >= 0.6 is 11.8 Å². The molecule has 5 heteroatoms. The van der Waals surface area contributed by atoms with Gasteiger partial charge in [-0.25, -0.2) is 4.98 Å². The maximum Gasteiger partial charge on any atom is 0.168 e. The van der Waals surface area contributed by atoms with Crippen molar-refractivity contribution in [3.63, 3.8) is 0 Å². The van der Waals surface area contributed by atoms with Crippen molar-refractivity contribution >= 4 is 11.8 Å². The fraction of sp³-hybridized carbons (Fsp3) is 0.400. The summed E-state index contributed by atoms with van der Waals surface area (Å²) in [5.41, 5.74) is 9.00. The molecule has 2 aromatic rings. The number of hydrogen-bond donors (Lipinski definition) is 1. The van der Waals surface area contributed by atoms with Gasteiger partial charge in [-0.2, -0.15) is 0 Å². The monoisotopic (exact) mass is 289 g/mol. The number of rotatable bonds is 3. The normalized spacial score (nSPS) is 21.6. The van der Waals surface area contributed by atoms with E-state index in [0.29, 0.717) is 5.25 Å². The molecule has 0 saturated heterocycles. The molecular weight excluding hydrogens is 270 g/mol. The van der Waals surface area contributed by atoms with Crippen molar-refractivity contribution in [2.24, 2.45) is 12.8 Å². The van der Waals surface area contributed by atoms with Crippen LogP contribution in [0.2, 0.25) is 0 Å². The minimum atomic E-state index is 0.0476. The quantitative estimate of drug-likeness (QED) is 0.943. The third kappa shape index (κ3) is 2.43. The van der Waals surface area contributed by atoms with Gasteiger partial charge in [-0.1, -0.05) is 17.8 Å². The van der Waals surface area contributed by atoms with E-state index in [1.165, 1.54) is 11.1 Å². The minimum Gasteiger partial charge on any atom is -0.497 e. The lowest BCUT2D eigenvalue weighted by Gasteiger charge is -2.30.